The van der Waals surface area contributed by atoms with E-state index in [1.807, 2.05) is 4.90 Å². The zero-order chi connectivity index (χ0) is 20.1. The van der Waals surface area contributed by atoms with Gasteiger partial charge >= 0.3 is 0 Å². The lowest BCUT2D eigenvalue weighted by atomic mass is 9.95. The third kappa shape index (κ3) is 5.28. The van der Waals surface area contributed by atoms with Crippen LogP contribution in [-0.2, 0) is 11.3 Å². The summed E-state index contributed by atoms with van der Waals surface area (Å²) in [5.74, 6) is 0.955. The van der Waals surface area contributed by atoms with Gasteiger partial charge in [0.2, 0.25) is 0 Å². The normalized spacial score (nSPS) is 20.8. The van der Waals surface area contributed by atoms with Crippen LogP contribution in [0.4, 0.5) is 0 Å². The van der Waals surface area contributed by atoms with Crippen molar-refractivity contribution in [1.29, 1.82) is 0 Å². The molecule has 0 spiro atoms. The van der Waals surface area contributed by atoms with Crippen molar-refractivity contribution < 1.29 is 13.9 Å². The van der Waals surface area contributed by atoms with Crippen molar-refractivity contribution in [1.82, 2.24) is 9.80 Å². The molecule has 1 aromatic carbocycles. The number of likely N-dealkylation sites (tertiary alicyclic amines) is 1. The highest BCUT2D eigenvalue weighted by molar-refractivity contribution is 5.91. The van der Waals surface area contributed by atoms with Crippen LogP contribution >= 0.6 is 0 Å². The number of ether oxygens (including phenoxy) is 1. The predicted molar refractivity (Wildman–Crippen MR) is 113 cm³/mol. The fraction of sp³-hybridized carbons (Fsp3) is 0.542. The number of rotatable bonds is 7. The molecule has 2 aliphatic rings. The Morgan fingerprint density at radius 3 is 2.62 bits per heavy atom. The number of hydrogen-bond acceptors (Lipinski definition) is 4. The van der Waals surface area contributed by atoms with E-state index >= 15 is 0 Å². The number of nitrogens with zero attached hydrogens (tertiary/aromatic N) is 2. The molecule has 156 valence electrons. The molecule has 2 aromatic rings. The number of aryl methyl sites for hydroxylation is 1. The van der Waals surface area contributed by atoms with Crippen LogP contribution in [0, 0.1) is 12.8 Å². The summed E-state index contributed by atoms with van der Waals surface area (Å²) in [6.45, 7) is 7.64. The van der Waals surface area contributed by atoms with Crippen LogP contribution in [0.2, 0.25) is 0 Å². The molecule has 0 saturated carbocycles. The highest BCUT2D eigenvalue weighted by Gasteiger charge is 2.28. The van der Waals surface area contributed by atoms with Gasteiger partial charge in [-0.15, -0.1) is 0 Å². The van der Waals surface area contributed by atoms with Gasteiger partial charge in [0.25, 0.3) is 5.91 Å². The van der Waals surface area contributed by atoms with Crippen LogP contribution in [0.3, 0.4) is 0 Å². The Labute approximate surface area is 173 Å². The van der Waals surface area contributed by atoms with E-state index in [9.17, 15) is 4.79 Å². The Morgan fingerprint density at radius 1 is 1.10 bits per heavy atom. The highest BCUT2D eigenvalue weighted by atomic mass is 16.5. The van der Waals surface area contributed by atoms with E-state index in [1.165, 1.54) is 11.1 Å². The van der Waals surface area contributed by atoms with E-state index in [0.29, 0.717) is 18.2 Å². The smallest absolute Gasteiger partial charge is 0.289 e. The second kappa shape index (κ2) is 9.59. The van der Waals surface area contributed by atoms with Gasteiger partial charge in [-0.05, 0) is 74.9 Å². The molecule has 4 rings (SSSR count). The summed E-state index contributed by atoms with van der Waals surface area (Å²) in [6.07, 6.45) is 6.11. The molecule has 29 heavy (non-hydrogen) atoms. The average molecular weight is 397 g/mol. The molecule has 0 N–H and O–H groups in total. The minimum absolute atomic E-state index is 0.00663. The summed E-state index contributed by atoms with van der Waals surface area (Å²) in [7, 11) is 0. The summed E-state index contributed by atoms with van der Waals surface area (Å²) in [5.41, 5.74) is 2.78. The van der Waals surface area contributed by atoms with Crippen LogP contribution < -0.4 is 0 Å². The number of piperidine rings is 1. The Hall–Kier alpha value is -2.11. The van der Waals surface area contributed by atoms with Crippen LogP contribution in [0.15, 0.2) is 47.1 Å². The van der Waals surface area contributed by atoms with Crippen LogP contribution in [-0.4, -0.2) is 54.6 Å². The number of carbonyl (C=O) groups excluding carboxylic acids is 1. The first-order valence-electron chi connectivity index (χ1n) is 10.9. The van der Waals surface area contributed by atoms with Gasteiger partial charge in [0.15, 0.2) is 5.76 Å². The SMILES string of the molecule is Cc1ccccc1CN1CCC(CN(C[C@H]2CCCO2)C(=O)c2ccco2)CC1. The van der Waals surface area contributed by atoms with Crippen molar-refractivity contribution in [2.75, 3.05) is 32.8 Å². The number of furan rings is 1. The molecule has 0 unspecified atom stereocenters. The van der Waals surface area contributed by atoms with Gasteiger partial charge in [-0.3, -0.25) is 9.69 Å². The topological polar surface area (TPSA) is 45.9 Å². The van der Waals surface area contributed by atoms with Gasteiger partial charge in [0, 0.05) is 26.2 Å². The number of benzene rings is 1. The minimum Gasteiger partial charge on any atom is -0.459 e. The summed E-state index contributed by atoms with van der Waals surface area (Å²) < 4.78 is 11.2. The monoisotopic (exact) mass is 396 g/mol. The predicted octanol–water partition coefficient (Wildman–Crippen LogP) is 4.12. The Kier molecular flexibility index (Phi) is 6.67. The lowest BCUT2D eigenvalue weighted by Crippen LogP contribution is -2.43. The van der Waals surface area contributed by atoms with E-state index in [2.05, 4.69) is 36.1 Å². The summed E-state index contributed by atoms with van der Waals surface area (Å²) in [4.78, 5) is 17.5. The minimum atomic E-state index is -0.00663. The first-order valence-corrected chi connectivity index (χ1v) is 10.9. The van der Waals surface area contributed by atoms with Crippen molar-refractivity contribution in [3.63, 3.8) is 0 Å². The summed E-state index contributed by atoms with van der Waals surface area (Å²) in [5, 5.41) is 0. The molecule has 0 bridgehead atoms. The molecule has 1 amide bonds. The Bertz CT molecular complexity index is 775. The molecule has 5 heteroatoms. The maximum atomic E-state index is 13.0. The standard InChI is InChI=1S/C24H32N2O3/c1-19-6-2-3-7-21(19)17-25-12-10-20(11-13-25)16-26(18-22-8-4-14-28-22)24(27)23-9-5-15-29-23/h2-3,5-7,9,15,20,22H,4,8,10-14,16-18H2,1H3/t22-/m1/s1. The van der Waals surface area contributed by atoms with Gasteiger partial charge in [0.05, 0.1) is 12.4 Å². The quantitative estimate of drug-likeness (QED) is 0.706. The van der Waals surface area contributed by atoms with Crippen LogP contribution in [0.25, 0.3) is 0 Å². The average Bonchev–Trinajstić information content (AvgIpc) is 3.44. The van der Waals surface area contributed by atoms with Crippen molar-refractivity contribution in [3.8, 4) is 0 Å². The van der Waals surface area contributed by atoms with E-state index in [-0.39, 0.29) is 12.0 Å². The molecular weight excluding hydrogens is 364 g/mol. The molecule has 1 aromatic heterocycles. The Balaban J connectivity index is 1.33. The molecule has 2 saturated heterocycles. The zero-order valence-corrected chi connectivity index (χ0v) is 17.4. The second-order valence-corrected chi connectivity index (χ2v) is 8.47. The fourth-order valence-corrected chi connectivity index (χ4v) is 4.50. The maximum Gasteiger partial charge on any atom is 0.289 e. The first kappa shape index (κ1) is 20.2. The van der Waals surface area contributed by atoms with Crippen LogP contribution in [0.5, 0.6) is 0 Å². The van der Waals surface area contributed by atoms with Crippen LogP contribution in [0.1, 0.15) is 47.4 Å². The van der Waals surface area contributed by atoms with E-state index in [0.717, 1.165) is 58.5 Å². The third-order valence-electron chi connectivity index (χ3n) is 6.31. The molecule has 0 radical (unpaired) electrons. The molecule has 2 aliphatic heterocycles. The van der Waals surface area contributed by atoms with Crippen molar-refractivity contribution in [2.24, 2.45) is 5.92 Å². The summed E-state index contributed by atoms with van der Waals surface area (Å²) >= 11 is 0. The van der Waals surface area contributed by atoms with Crippen molar-refractivity contribution in [3.05, 3.63) is 59.5 Å². The van der Waals surface area contributed by atoms with Crippen molar-refractivity contribution in [2.45, 2.75) is 45.3 Å². The van der Waals surface area contributed by atoms with Gasteiger partial charge in [-0.2, -0.15) is 0 Å². The molecule has 0 aliphatic carbocycles. The lowest BCUT2D eigenvalue weighted by molar-refractivity contribution is 0.0422. The van der Waals surface area contributed by atoms with E-state index in [4.69, 9.17) is 9.15 Å². The van der Waals surface area contributed by atoms with Gasteiger partial charge < -0.3 is 14.1 Å². The molecule has 3 heterocycles. The van der Waals surface area contributed by atoms with E-state index in [1.54, 1.807) is 18.4 Å². The maximum absolute atomic E-state index is 13.0. The molecule has 2 fully saturated rings. The number of amides is 1. The Morgan fingerprint density at radius 2 is 1.93 bits per heavy atom. The molecular formula is C24H32N2O3. The first-order chi connectivity index (χ1) is 14.2. The van der Waals surface area contributed by atoms with Crippen molar-refractivity contribution >= 4 is 5.91 Å². The highest BCUT2D eigenvalue weighted by Crippen LogP contribution is 2.23. The lowest BCUT2D eigenvalue weighted by Gasteiger charge is -2.35. The molecule has 1 atom stereocenters. The molecule has 5 nitrogen and oxygen atoms in total. The fourth-order valence-electron chi connectivity index (χ4n) is 4.50. The van der Waals surface area contributed by atoms with E-state index < -0.39 is 0 Å². The number of hydrogen-bond donors (Lipinski definition) is 0. The second-order valence-electron chi connectivity index (χ2n) is 8.47. The summed E-state index contributed by atoms with van der Waals surface area (Å²) in [6, 6.07) is 12.2. The number of carbonyl (C=O) groups is 1. The van der Waals surface area contributed by atoms with Gasteiger partial charge in [-0.1, -0.05) is 24.3 Å². The largest absolute Gasteiger partial charge is 0.459 e. The van der Waals surface area contributed by atoms with Gasteiger partial charge in [-0.25, -0.2) is 0 Å². The zero-order valence-electron chi connectivity index (χ0n) is 17.4. The van der Waals surface area contributed by atoms with Gasteiger partial charge in [0.1, 0.15) is 0 Å². The third-order valence-corrected chi connectivity index (χ3v) is 6.31.